The minimum Gasteiger partial charge on any atom is -0.334 e. The largest absolute Gasteiger partial charge is 0.334 e. The van der Waals surface area contributed by atoms with Crippen molar-refractivity contribution in [1.82, 2.24) is 19.5 Å². The van der Waals surface area contributed by atoms with E-state index in [1.54, 1.807) is 22.0 Å². The normalized spacial score (nSPS) is 18.2. The lowest BCUT2D eigenvalue weighted by Gasteiger charge is -2.35. The second-order valence-corrected chi connectivity index (χ2v) is 7.20. The number of aryl methyl sites for hydroxylation is 1. The van der Waals surface area contributed by atoms with E-state index < -0.39 is 0 Å². The van der Waals surface area contributed by atoms with E-state index in [2.05, 4.69) is 16.5 Å². The van der Waals surface area contributed by atoms with Crippen LogP contribution >= 0.6 is 11.3 Å². The molecule has 1 saturated heterocycles. The lowest BCUT2D eigenvalue weighted by molar-refractivity contribution is -0.135. The number of nitrogens with zero attached hydrogens (tertiary/aromatic N) is 4. The van der Waals surface area contributed by atoms with Crippen molar-refractivity contribution in [2.75, 3.05) is 6.54 Å². The average molecular weight is 340 g/mol. The summed E-state index contributed by atoms with van der Waals surface area (Å²) in [4.78, 5) is 20.8. The highest BCUT2D eigenvalue weighted by molar-refractivity contribution is 7.09. The monoisotopic (exact) mass is 340 g/mol. The average Bonchev–Trinajstić information content (AvgIpc) is 3.30. The number of piperidine rings is 1. The summed E-state index contributed by atoms with van der Waals surface area (Å²) in [5, 5.41) is 6.26. The minimum absolute atomic E-state index is 0.0921. The van der Waals surface area contributed by atoms with Gasteiger partial charge in [-0.2, -0.15) is 5.10 Å². The highest BCUT2D eigenvalue weighted by Crippen LogP contribution is 2.30. The summed E-state index contributed by atoms with van der Waals surface area (Å²) in [6.45, 7) is 0.833. The molecule has 0 bridgehead atoms. The number of likely N-dealkylation sites (tertiary alicyclic amines) is 1. The molecule has 6 heteroatoms. The van der Waals surface area contributed by atoms with Gasteiger partial charge in [-0.05, 0) is 43.2 Å². The Labute approximate surface area is 144 Å². The van der Waals surface area contributed by atoms with Gasteiger partial charge in [-0.3, -0.25) is 4.79 Å². The van der Waals surface area contributed by atoms with Crippen molar-refractivity contribution in [2.24, 2.45) is 0 Å². The minimum atomic E-state index is 0.0921. The first-order valence-electron chi connectivity index (χ1n) is 8.43. The van der Waals surface area contributed by atoms with Gasteiger partial charge in [0.15, 0.2) is 5.65 Å². The summed E-state index contributed by atoms with van der Waals surface area (Å²) in [7, 11) is 0. The van der Waals surface area contributed by atoms with Gasteiger partial charge in [0.05, 0.1) is 17.9 Å². The molecule has 124 valence electrons. The third-order valence-corrected chi connectivity index (χ3v) is 5.55. The summed E-state index contributed by atoms with van der Waals surface area (Å²) in [6.07, 6.45) is 8.29. The summed E-state index contributed by atoms with van der Waals surface area (Å²) in [5.74, 6) is 0.239. The molecule has 0 radical (unpaired) electrons. The molecule has 1 amide bonds. The van der Waals surface area contributed by atoms with Gasteiger partial charge in [-0.1, -0.05) is 6.07 Å². The van der Waals surface area contributed by atoms with Crippen LogP contribution in [0.1, 0.15) is 42.3 Å². The number of carbonyl (C=O) groups excluding carboxylic acids is 1. The maximum absolute atomic E-state index is 12.8. The van der Waals surface area contributed by atoms with E-state index in [9.17, 15) is 4.79 Å². The maximum Gasteiger partial charge on any atom is 0.223 e. The zero-order chi connectivity index (χ0) is 16.4. The summed E-state index contributed by atoms with van der Waals surface area (Å²) < 4.78 is 1.76. The van der Waals surface area contributed by atoms with Gasteiger partial charge in [0.1, 0.15) is 0 Å². The van der Waals surface area contributed by atoms with E-state index >= 15 is 0 Å². The molecule has 3 aromatic heterocycles. The van der Waals surface area contributed by atoms with E-state index in [0.717, 1.165) is 43.6 Å². The van der Waals surface area contributed by atoms with Gasteiger partial charge in [0.25, 0.3) is 0 Å². The molecule has 0 aliphatic carbocycles. The molecule has 5 nitrogen and oxygen atoms in total. The molecular formula is C18H20N4OS. The number of carbonyl (C=O) groups is 1. The Morgan fingerprint density at radius 1 is 1.29 bits per heavy atom. The first-order chi connectivity index (χ1) is 11.8. The van der Waals surface area contributed by atoms with Gasteiger partial charge in [-0.15, -0.1) is 11.3 Å². The van der Waals surface area contributed by atoms with Crippen molar-refractivity contribution in [3.8, 4) is 0 Å². The zero-order valence-electron chi connectivity index (χ0n) is 13.5. The quantitative estimate of drug-likeness (QED) is 0.731. The Bertz CT molecular complexity index is 827. The van der Waals surface area contributed by atoms with Crippen LogP contribution in [0.2, 0.25) is 0 Å². The molecule has 1 aliphatic heterocycles. The van der Waals surface area contributed by atoms with Crippen LogP contribution < -0.4 is 0 Å². The predicted molar refractivity (Wildman–Crippen MR) is 93.9 cm³/mol. The van der Waals surface area contributed by atoms with Crippen molar-refractivity contribution < 1.29 is 4.79 Å². The molecule has 1 fully saturated rings. The van der Waals surface area contributed by atoms with Gasteiger partial charge >= 0.3 is 0 Å². The van der Waals surface area contributed by atoms with Gasteiger partial charge < -0.3 is 4.90 Å². The van der Waals surface area contributed by atoms with Crippen LogP contribution in [0.15, 0.2) is 42.0 Å². The SMILES string of the molecule is O=C(CCc1cccs1)N1CCCCC1c1ccn2nccc2n1. The predicted octanol–water partition coefficient (Wildman–Crippen LogP) is 3.48. The Balaban J connectivity index is 1.52. The highest BCUT2D eigenvalue weighted by Gasteiger charge is 2.28. The van der Waals surface area contributed by atoms with Gasteiger partial charge in [-0.25, -0.2) is 9.50 Å². The van der Waals surface area contributed by atoms with Crippen LogP contribution in [0, 0.1) is 0 Å². The van der Waals surface area contributed by atoms with E-state index in [1.807, 2.05) is 29.3 Å². The fraction of sp³-hybridized carbons (Fsp3) is 0.389. The van der Waals surface area contributed by atoms with Gasteiger partial charge in [0.2, 0.25) is 5.91 Å². The molecule has 1 atom stereocenters. The first-order valence-corrected chi connectivity index (χ1v) is 9.31. The standard InChI is InChI=1S/C18H20N4OS/c23-18(7-6-14-4-3-13-24-14)21-11-2-1-5-16(21)15-9-12-22-17(20-15)8-10-19-22/h3-4,8-10,12-13,16H,1-2,5-7,11H2. The Morgan fingerprint density at radius 2 is 2.25 bits per heavy atom. The zero-order valence-corrected chi connectivity index (χ0v) is 14.3. The molecule has 4 heterocycles. The number of amides is 1. The topological polar surface area (TPSA) is 50.5 Å². The molecule has 24 heavy (non-hydrogen) atoms. The highest BCUT2D eigenvalue weighted by atomic mass is 32.1. The second kappa shape index (κ2) is 6.73. The first kappa shape index (κ1) is 15.3. The molecule has 0 aromatic carbocycles. The van der Waals surface area contributed by atoms with Crippen molar-refractivity contribution in [1.29, 1.82) is 0 Å². The lowest BCUT2D eigenvalue weighted by atomic mass is 9.98. The Hall–Kier alpha value is -2.21. The van der Waals surface area contributed by atoms with E-state index in [0.29, 0.717) is 6.42 Å². The van der Waals surface area contributed by atoms with Crippen molar-refractivity contribution in [3.05, 3.63) is 52.6 Å². The Kier molecular flexibility index (Phi) is 4.30. The smallest absolute Gasteiger partial charge is 0.223 e. The number of fused-ring (bicyclic) bond motifs is 1. The number of rotatable bonds is 4. The molecule has 4 rings (SSSR count). The maximum atomic E-state index is 12.8. The van der Waals surface area contributed by atoms with Crippen LogP contribution in [0.25, 0.3) is 5.65 Å². The van der Waals surface area contributed by atoms with Crippen molar-refractivity contribution >= 4 is 22.9 Å². The van der Waals surface area contributed by atoms with Crippen LogP contribution in [0.4, 0.5) is 0 Å². The van der Waals surface area contributed by atoms with E-state index in [4.69, 9.17) is 4.98 Å². The molecule has 0 N–H and O–H groups in total. The van der Waals surface area contributed by atoms with Crippen LogP contribution in [-0.4, -0.2) is 31.9 Å². The second-order valence-electron chi connectivity index (χ2n) is 6.16. The number of aromatic nitrogens is 3. The van der Waals surface area contributed by atoms with Crippen molar-refractivity contribution in [3.63, 3.8) is 0 Å². The van der Waals surface area contributed by atoms with Gasteiger partial charge in [0, 0.05) is 30.1 Å². The Morgan fingerprint density at radius 3 is 3.12 bits per heavy atom. The summed E-state index contributed by atoms with van der Waals surface area (Å²) in [5.41, 5.74) is 1.82. The van der Waals surface area contributed by atoms with E-state index in [1.165, 1.54) is 4.88 Å². The number of hydrogen-bond donors (Lipinski definition) is 0. The fourth-order valence-corrected chi connectivity index (χ4v) is 4.09. The third-order valence-electron chi connectivity index (χ3n) is 4.61. The van der Waals surface area contributed by atoms with Crippen molar-refractivity contribution in [2.45, 2.75) is 38.1 Å². The molecular weight excluding hydrogens is 320 g/mol. The number of hydrogen-bond acceptors (Lipinski definition) is 4. The fourth-order valence-electron chi connectivity index (χ4n) is 3.38. The molecule has 0 saturated carbocycles. The van der Waals surface area contributed by atoms with Crippen LogP contribution in [0.5, 0.6) is 0 Å². The third kappa shape index (κ3) is 3.06. The van der Waals surface area contributed by atoms with E-state index in [-0.39, 0.29) is 11.9 Å². The summed E-state index contributed by atoms with van der Waals surface area (Å²) in [6, 6.07) is 8.12. The van der Waals surface area contributed by atoms with Crippen LogP contribution in [0.3, 0.4) is 0 Å². The molecule has 3 aromatic rings. The summed E-state index contributed by atoms with van der Waals surface area (Å²) >= 11 is 1.72. The van der Waals surface area contributed by atoms with Crippen LogP contribution in [-0.2, 0) is 11.2 Å². The lowest BCUT2D eigenvalue weighted by Crippen LogP contribution is -2.39. The number of thiophene rings is 1. The molecule has 1 aliphatic rings. The molecule has 0 spiro atoms. The molecule has 1 unspecified atom stereocenters.